The number of hydrogen-bond acceptors (Lipinski definition) is 3. The number of carbonyl (C=O) groups excluding carboxylic acids is 2. The number of rotatable bonds is 4. The van der Waals surface area contributed by atoms with Crippen molar-refractivity contribution in [3.8, 4) is 0 Å². The Morgan fingerprint density at radius 2 is 1.53 bits per heavy atom. The second kappa shape index (κ2) is 8.67. The van der Waals surface area contributed by atoms with Crippen LogP contribution in [-0.2, 0) is 0 Å². The van der Waals surface area contributed by atoms with Crippen molar-refractivity contribution in [3.63, 3.8) is 0 Å². The fraction of sp³-hybridized carbons (Fsp3) is 0.280. The zero-order valence-corrected chi connectivity index (χ0v) is 17.5. The third-order valence-corrected chi connectivity index (χ3v) is 5.80. The molecule has 0 spiro atoms. The molecule has 1 saturated heterocycles. The molecule has 0 bridgehead atoms. The molecule has 5 heteroatoms. The fourth-order valence-corrected chi connectivity index (χ4v) is 3.97. The summed E-state index contributed by atoms with van der Waals surface area (Å²) in [7, 11) is 2.06. The number of benzene rings is 3. The summed E-state index contributed by atoms with van der Waals surface area (Å²) in [5, 5.41) is 5.37. The van der Waals surface area contributed by atoms with Crippen molar-refractivity contribution in [3.05, 3.63) is 83.4 Å². The average Bonchev–Trinajstić information content (AvgIpc) is 2.78. The molecule has 1 aliphatic rings. The van der Waals surface area contributed by atoms with E-state index < -0.39 is 0 Å². The van der Waals surface area contributed by atoms with Crippen LogP contribution in [0.15, 0.2) is 66.7 Å². The Balaban J connectivity index is 1.50. The van der Waals surface area contributed by atoms with Gasteiger partial charge in [-0.1, -0.05) is 48.5 Å². The molecular formula is C25H27N3O2. The zero-order valence-electron chi connectivity index (χ0n) is 17.5. The normalized spacial score (nSPS) is 15.7. The monoisotopic (exact) mass is 401 g/mol. The van der Waals surface area contributed by atoms with Gasteiger partial charge in [-0.15, -0.1) is 0 Å². The first-order valence-electron chi connectivity index (χ1n) is 10.4. The van der Waals surface area contributed by atoms with Gasteiger partial charge in [-0.3, -0.25) is 9.59 Å². The van der Waals surface area contributed by atoms with Crippen LogP contribution in [0.3, 0.4) is 0 Å². The molecule has 2 amide bonds. The van der Waals surface area contributed by atoms with Gasteiger partial charge in [0, 0.05) is 37.3 Å². The number of piperazine rings is 1. The van der Waals surface area contributed by atoms with Gasteiger partial charge in [0.15, 0.2) is 0 Å². The molecule has 5 nitrogen and oxygen atoms in total. The highest BCUT2D eigenvalue weighted by Gasteiger charge is 2.21. The maximum atomic E-state index is 12.9. The van der Waals surface area contributed by atoms with E-state index in [4.69, 9.17) is 0 Å². The highest BCUT2D eigenvalue weighted by atomic mass is 16.2. The molecule has 3 aromatic carbocycles. The highest BCUT2D eigenvalue weighted by Crippen LogP contribution is 2.24. The van der Waals surface area contributed by atoms with Crippen molar-refractivity contribution >= 4 is 22.6 Å². The Bertz CT molecular complexity index is 1070. The SMILES string of the molecule is C[C@@H](NC(=O)c1cccc(C(=O)N2CCN(C)CC2)c1)c1cccc2ccccc12. The van der Waals surface area contributed by atoms with Crippen LogP contribution >= 0.6 is 0 Å². The second-order valence-electron chi connectivity index (χ2n) is 7.94. The molecule has 1 heterocycles. The van der Waals surface area contributed by atoms with Gasteiger partial charge in [-0.2, -0.15) is 0 Å². The summed E-state index contributed by atoms with van der Waals surface area (Å²) < 4.78 is 0. The lowest BCUT2D eigenvalue weighted by molar-refractivity contribution is 0.0664. The first-order valence-corrected chi connectivity index (χ1v) is 10.4. The van der Waals surface area contributed by atoms with E-state index in [1.165, 1.54) is 0 Å². The zero-order chi connectivity index (χ0) is 21.1. The van der Waals surface area contributed by atoms with E-state index in [-0.39, 0.29) is 17.9 Å². The lowest BCUT2D eigenvalue weighted by Gasteiger charge is -2.32. The molecule has 0 radical (unpaired) electrons. The molecule has 0 saturated carbocycles. The summed E-state index contributed by atoms with van der Waals surface area (Å²) in [6.07, 6.45) is 0. The molecule has 1 aliphatic heterocycles. The molecule has 1 atom stereocenters. The number of fused-ring (bicyclic) bond motifs is 1. The summed E-state index contributed by atoms with van der Waals surface area (Å²) in [5.41, 5.74) is 2.14. The van der Waals surface area contributed by atoms with Crippen LogP contribution in [-0.4, -0.2) is 54.8 Å². The van der Waals surface area contributed by atoms with Crippen molar-refractivity contribution in [1.29, 1.82) is 0 Å². The summed E-state index contributed by atoms with van der Waals surface area (Å²) in [4.78, 5) is 29.8. The molecule has 0 unspecified atom stereocenters. The molecular weight excluding hydrogens is 374 g/mol. The Morgan fingerprint density at radius 1 is 0.867 bits per heavy atom. The van der Waals surface area contributed by atoms with Crippen LogP contribution in [0, 0.1) is 0 Å². The summed E-state index contributed by atoms with van der Waals surface area (Å²) in [6.45, 7) is 5.15. The van der Waals surface area contributed by atoms with Gasteiger partial charge in [-0.05, 0) is 48.5 Å². The summed E-state index contributed by atoms with van der Waals surface area (Å²) in [6, 6.07) is 21.2. The summed E-state index contributed by atoms with van der Waals surface area (Å²) >= 11 is 0. The van der Waals surface area contributed by atoms with Gasteiger partial charge in [0.25, 0.3) is 11.8 Å². The molecule has 30 heavy (non-hydrogen) atoms. The highest BCUT2D eigenvalue weighted by molar-refractivity contribution is 6.00. The molecule has 0 aliphatic carbocycles. The van der Waals surface area contributed by atoms with Crippen molar-refractivity contribution < 1.29 is 9.59 Å². The predicted octanol–water partition coefficient (Wildman–Crippen LogP) is 3.72. The van der Waals surface area contributed by atoms with Crippen molar-refractivity contribution in [2.24, 2.45) is 0 Å². The number of hydrogen-bond donors (Lipinski definition) is 1. The number of carbonyl (C=O) groups is 2. The minimum Gasteiger partial charge on any atom is -0.345 e. The Kier molecular flexibility index (Phi) is 5.81. The minimum absolute atomic E-state index is 0.0140. The first kappa shape index (κ1) is 20.1. The lowest BCUT2D eigenvalue weighted by Crippen LogP contribution is -2.47. The molecule has 154 valence electrons. The summed E-state index contributed by atoms with van der Waals surface area (Å²) in [5.74, 6) is -0.191. The smallest absolute Gasteiger partial charge is 0.253 e. The average molecular weight is 402 g/mol. The van der Waals surface area contributed by atoms with E-state index in [1.54, 1.807) is 24.3 Å². The van der Waals surface area contributed by atoms with Crippen molar-refractivity contribution in [2.75, 3.05) is 33.2 Å². The number of nitrogens with zero attached hydrogens (tertiary/aromatic N) is 2. The maximum Gasteiger partial charge on any atom is 0.253 e. The Hall–Kier alpha value is -3.18. The van der Waals surface area contributed by atoms with E-state index in [2.05, 4.69) is 35.5 Å². The minimum atomic E-state index is -0.177. The maximum absolute atomic E-state index is 12.9. The van der Waals surface area contributed by atoms with E-state index in [0.717, 1.165) is 29.4 Å². The standard InChI is InChI=1S/C25H27N3O2/c1-18(22-12-6-8-19-7-3-4-11-23(19)22)26-24(29)20-9-5-10-21(17-20)25(30)28-15-13-27(2)14-16-28/h3-12,17-18H,13-16H2,1-2H3,(H,26,29)/t18-/m1/s1. The Labute approximate surface area is 177 Å². The van der Waals surface area contributed by atoms with Gasteiger partial charge in [0.1, 0.15) is 0 Å². The second-order valence-corrected chi connectivity index (χ2v) is 7.94. The third kappa shape index (κ3) is 4.21. The molecule has 1 fully saturated rings. The van der Waals surface area contributed by atoms with Crippen LogP contribution in [0.5, 0.6) is 0 Å². The van der Waals surface area contributed by atoms with Crippen LogP contribution in [0.4, 0.5) is 0 Å². The molecule has 4 rings (SSSR count). The molecule has 0 aromatic heterocycles. The van der Waals surface area contributed by atoms with Crippen LogP contribution in [0.2, 0.25) is 0 Å². The van der Waals surface area contributed by atoms with Gasteiger partial charge < -0.3 is 15.1 Å². The van der Waals surface area contributed by atoms with Crippen LogP contribution < -0.4 is 5.32 Å². The Morgan fingerprint density at radius 3 is 2.33 bits per heavy atom. The quantitative estimate of drug-likeness (QED) is 0.725. The largest absolute Gasteiger partial charge is 0.345 e. The fourth-order valence-electron chi connectivity index (χ4n) is 3.97. The lowest BCUT2D eigenvalue weighted by atomic mass is 9.99. The number of amides is 2. The number of nitrogens with one attached hydrogen (secondary N) is 1. The number of likely N-dealkylation sites (N-methyl/N-ethyl adjacent to an activating group) is 1. The van der Waals surface area contributed by atoms with Crippen LogP contribution in [0.25, 0.3) is 10.8 Å². The van der Waals surface area contributed by atoms with E-state index in [1.807, 2.05) is 36.1 Å². The van der Waals surface area contributed by atoms with Gasteiger partial charge in [0.2, 0.25) is 0 Å². The predicted molar refractivity (Wildman–Crippen MR) is 120 cm³/mol. The van der Waals surface area contributed by atoms with Gasteiger partial charge in [-0.25, -0.2) is 0 Å². The first-order chi connectivity index (χ1) is 14.5. The topological polar surface area (TPSA) is 52.7 Å². The van der Waals surface area contributed by atoms with E-state index >= 15 is 0 Å². The molecule has 1 N–H and O–H groups in total. The van der Waals surface area contributed by atoms with Gasteiger partial charge in [0.05, 0.1) is 6.04 Å². The third-order valence-electron chi connectivity index (χ3n) is 5.80. The van der Waals surface area contributed by atoms with Gasteiger partial charge >= 0.3 is 0 Å². The van der Waals surface area contributed by atoms with E-state index in [0.29, 0.717) is 24.2 Å². The van der Waals surface area contributed by atoms with Crippen molar-refractivity contribution in [1.82, 2.24) is 15.1 Å². The van der Waals surface area contributed by atoms with E-state index in [9.17, 15) is 9.59 Å². The van der Waals surface area contributed by atoms with Crippen LogP contribution in [0.1, 0.15) is 39.2 Å². The van der Waals surface area contributed by atoms with Crippen molar-refractivity contribution in [2.45, 2.75) is 13.0 Å². The molecule has 3 aromatic rings.